The van der Waals surface area contributed by atoms with Gasteiger partial charge in [0, 0.05) is 12.1 Å². The molecule has 2 aliphatic rings. The van der Waals surface area contributed by atoms with Gasteiger partial charge in [-0.3, -0.25) is 9.59 Å². The maximum Gasteiger partial charge on any atom is 0.247 e. The van der Waals surface area contributed by atoms with Gasteiger partial charge in [-0.15, -0.1) is 0 Å². The van der Waals surface area contributed by atoms with Crippen molar-refractivity contribution >= 4 is 29.3 Å². The van der Waals surface area contributed by atoms with Crippen LogP contribution in [0.25, 0.3) is 0 Å². The predicted octanol–water partition coefficient (Wildman–Crippen LogP) is 4.34. The Kier molecular flexibility index (Phi) is 5.68. The molecule has 0 saturated carbocycles. The van der Waals surface area contributed by atoms with E-state index >= 15 is 0 Å². The lowest BCUT2D eigenvalue weighted by molar-refractivity contribution is -0.121. The Morgan fingerprint density at radius 3 is 2.55 bits per heavy atom. The fourth-order valence-corrected chi connectivity index (χ4v) is 5.03. The average molecular weight is 406 g/mol. The van der Waals surface area contributed by atoms with Gasteiger partial charge >= 0.3 is 0 Å². The summed E-state index contributed by atoms with van der Waals surface area (Å²) < 4.78 is 0. The van der Waals surface area contributed by atoms with Gasteiger partial charge in [0.05, 0.1) is 16.5 Å². The second-order valence-electron chi connectivity index (χ2n) is 7.69. The third-order valence-corrected chi connectivity index (χ3v) is 6.72. The lowest BCUT2D eigenvalue weighted by Crippen LogP contribution is -2.31. The van der Waals surface area contributed by atoms with Gasteiger partial charge in [0.25, 0.3) is 0 Å². The van der Waals surface area contributed by atoms with Gasteiger partial charge in [0.1, 0.15) is 11.1 Å². The Labute approximate surface area is 175 Å². The minimum atomic E-state index is -0.546. The van der Waals surface area contributed by atoms with E-state index in [0.29, 0.717) is 16.3 Å². The number of aromatic nitrogens is 1. The number of rotatable bonds is 3. The molecule has 5 nitrogen and oxygen atoms in total. The summed E-state index contributed by atoms with van der Waals surface area (Å²) in [6, 6.07) is 11.5. The largest absolute Gasteiger partial charge is 0.274 e. The number of amides is 2. The predicted molar refractivity (Wildman–Crippen MR) is 113 cm³/mol. The van der Waals surface area contributed by atoms with Crippen LogP contribution in [0.15, 0.2) is 35.4 Å². The summed E-state index contributed by atoms with van der Waals surface area (Å²) in [4.78, 5) is 31.6. The summed E-state index contributed by atoms with van der Waals surface area (Å²) in [5.41, 5.74) is 4.37. The van der Waals surface area contributed by atoms with E-state index in [1.165, 1.54) is 29.5 Å². The van der Waals surface area contributed by atoms with E-state index in [9.17, 15) is 14.9 Å². The highest BCUT2D eigenvalue weighted by molar-refractivity contribution is 8.00. The number of pyridine rings is 1. The maximum atomic E-state index is 13.0. The summed E-state index contributed by atoms with van der Waals surface area (Å²) >= 11 is 1.26. The zero-order valence-electron chi connectivity index (χ0n) is 16.5. The molecular weight excluding hydrogens is 382 g/mol. The van der Waals surface area contributed by atoms with E-state index in [1.54, 1.807) is 12.1 Å². The van der Waals surface area contributed by atoms with E-state index in [4.69, 9.17) is 4.98 Å². The molecule has 2 heterocycles. The number of hydrogen-bond acceptors (Lipinski definition) is 5. The molecule has 1 aliphatic heterocycles. The average Bonchev–Trinajstić information content (AvgIpc) is 2.97. The Morgan fingerprint density at radius 2 is 1.83 bits per heavy atom. The minimum absolute atomic E-state index is 0.126. The number of anilines is 1. The van der Waals surface area contributed by atoms with Crippen LogP contribution >= 0.6 is 11.8 Å². The molecule has 1 aliphatic carbocycles. The maximum absolute atomic E-state index is 13.0. The van der Waals surface area contributed by atoms with Crippen molar-refractivity contribution in [2.75, 3.05) is 4.90 Å². The lowest BCUT2D eigenvalue weighted by Gasteiger charge is -2.17. The summed E-state index contributed by atoms with van der Waals surface area (Å²) in [6.45, 7) is 1.96. The van der Waals surface area contributed by atoms with Crippen molar-refractivity contribution in [3.05, 3.63) is 52.7 Å². The first-order valence-electron chi connectivity index (χ1n) is 10.1. The van der Waals surface area contributed by atoms with Crippen LogP contribution < -0.4 is 4.90 Å². The van der Waals surface area contributed by atoms with Gasteiger partial charge in [0.15, 0.2) is 0 Å². The standard InChI is InChI=1S/C23H23N3O2S/c1-15-8-10-18(11-9-15)26-21(27)13-20(23(26)28)29-22-17(14-24)12-16-6-4-2-3-5-7-19(16)25-22/h8-12,20H,2-7,13H2,1H3/t20-/m0/s1. The van der Waals surface area contributed by atoms with Crippen LogP contribution in [0.1, 0.15) is 54.5 Å². The summed E-state index contributed by atoms with van der Waals surface area (Å²) in [6.07, 6.45) is 6.61. The Bertz CT molecular complexity index is 994. The number of nitriles is 1. The second-order valence-corrected chi connectivity index (χ2v) is 8.88. The van der Waals surface area contributed by atoms with Gasteiger partial charge in [-0.25, -0.2) is 9.88 Å². The summed E-state index contributed by atoms with van der Waals surface area (Å²) in [5, 5.41) is 9.65. The van der Waals surface area contributed by atoms with Gasteiger partial charge in [-0.1, -0.05) is 42.3 Å². The Balaban J connectivity index is 1.59. The molecule has 1 fully saturated rings. The molecule has 0 unspecified atom stereocenters. The molecule has 1 aromatic heterocycles. The first-order chi connectivity index (χ1) is 14.1. The summed E-state index contributed by atoms with van der Waals surface area (Å²) in [5.74, 6) is -0.442. The Hall–Kier alpha value is -2.65. The van der Waals surface area contributed by atoms with Crippen LogP contribution in [-0.4, -0.2) is 22.0 Å². The molecule has 1 aromatic carbocycles. The van der Waals surface area contributed by atoms with Crippen molar-refractivity contribution in [2.24, 2.45) is 0 Å². The highest BCUT2D eigenvalue weighted by atomic mass is 32.2. The molecule has 2 amide bonds. The molecule has 29 heavy (non-hydrogen) atoms. The van der Waals surface area contributed by atoms with Crippen molar-refractivity contribution in [3.63, 3.8) is 0 Å². The third-order valence-electron chi connectivity index (χ3n) is 5.54. The number of carbonyl (C=O) groups is 2. The van der Waals surface area contributed by atoms with Gasteiger partial charge in [-0.05, 0) is 56.4 Å². The van der Waals surface area contributed by atoms with Crippen molar-refractivity contribution in [2.45, 2.75) is 62.1 Å². The monoisotopic (exact) mass is 405 g/mol. The molecule has 148 valence electrons. The number of benzene rings is 1. The van der Waals surface area contributed by atoms with Gasteiger partial charge in [0.2, 0.25) is 11.8 Å². The molecule has 2 aromatic rings. The highest BCUT2D eigenvalue weighted by Gasteiger charge is 2.40. The van der Waals surface area contributed by atoms with Crippen molar-refractivity contribution in [1.82, 2.24) is 4.98 Å². The number of imide groups is 1. The fourth-order valence-electron chi connectivity index (χ4n) is 3.93. The fraction of sp³-hybridized carbons (Fsp3) is 0.391. The smallest absolute Gasteiger partial charge is 0.247 e. The first-order valence-corrected chi connectivity index (χ1v) is 11.0. The van der Waals surface area contributed by atoms with E-state index in [-0.39, 0.29) is 18.2 Å². The van der Waals surface area contributed by atoms with E-state index in [2.05, 4.69) is 6.07 Å². The molecule has 0 bridgehead atoms. The number of fused-ring (bicyclic) bond motifs is 1. The molecule has 1 saturated heterocycles. The molecule has 6 heteroatoms. The van der Waals surface area contributed by atoms with Gasteiger partial charge < -0.3 is 0 Å². The van der Waals surface area contributed by atoms with Crippen LogP contribution in [0.5, 0.6) is 0 Å². The quantitative estimate of drug-likeness (QED) is 0.710. The SMILES string of the molecule is Cc1ccc(N2C(=O)C[C@H](Sc3nc4c(cc3C#N)CCCCCC4)C2=O)cc1. The normalized spacial score (nSPS) is 19.4. The van der Waals surface area contributed by atoms with Crippen molar-refractivity contribution in [3.8, 4) is 6.07 Å². The number of hydrogen-bond donors (Lipinski definition) is 0. The molecule has 4 rings (SSSR count). The molecule has 0 radical (unpaired) electrons. The highest BCUT2D eigenvalue weighted by Crippen LogP contribution is 2.35. The lowest BCUT2D eigenvalue weighted by atomic mass is 9.96. The number of nitrogens with zero attached hydrogens (tertiary/aromatic N) is 3. The minimum Gasteiger partial charge on any atom is -0.274 e. The number of thioether (sulfide) groups is 1. The molecule has 1 atom stereocenters. The summed E-state index contributed by atoms with van der Waals surface area (Å²) in [7, 11) is 0. The number of carbonyl (C=O) groups excluding carboxylic acids is 2. The zero-order valence-corrected chi connectivity index (χ0v) is 17.3. The van der Waals surface area contributed by atoms with Crippen LogP contribution in [0.3, 0.4) is 0 Å². The topological polar surface area (TPSA) is 74.1 Å². The van der Waals surface area contributed by atoms with Crippen LogP contribution in [0.4, 0.5) is 5.69 Å². The van der Waals surface area contributed by atoms with Crippen LogP contribution in [0, 0.1) is 18.3 Å². The van der Waals surface area contributed by atoms with E-state index in [1.807, 2.05) is 25.1 Å². The van der Waals surface area contributed by atoms with E-state index in [0.717, 1.165) is 42.5 Å². The van der Waals surface area contributed by atoms with Crippen LogP contribution in [0.2, 0.25) is 0 Å². The van der Waals surface area contributed by atoms with E-state index < -0.39 is 5.25 Å². The third kappa shape index (κ3) is 4.06. The zero-order chi connectivity index (χ0) is 20.4. The van der Waals surface area contributed by atoms with Crippen LogP contribution in [-0.2, 0) is 22.4 Å². The molecule has 0 spiro atoms. The van der Waals surface area contributed by atoms with Gasteiger partial charge in [-0.2, -0.15) is 5.26 Å². The molecular formula is C23H23N3O2S. The Morgan fingerprint density at radius 1 is 1.10 bits per heavy atom. The van der Waals surface area contributed by atoms with Crippen molar-refractivity contribution < 1.29 is 9.59 Å². The number of aryl methyl sites for hydroxylation is 3. The van der Waals surface area contributed by atoms with Crippen molar-refractivity contribution in [1.29, 1.82) is 5.26 Å². The molecule has 0 N–H and O–H groups in total. The first kappa shape index (κ1) is 19.7. The second kappa shape index (κ2) is 8.38.